The second kappa shape index (κ2) is 15.8. The lowest BCUT2D eigenvalue weighted by Gasteiger charge is -2.24. The van der Waals surface area contributed by atoms with Gasteiger partial charge in [0.1, 0.15) is 0 Å². The molecule has 5 amide bonds. The minimum Gasteiger partial charge on any atom is -0.370 e. The largest absolute Gasteiger partial charge is 0.370 e. The van der Waals surface area contributed by atoms with Crippen LogP contribution in [-0.4, -0.2) is 54.7 Å². The summed E-state index contributed by atoms with van der Waals surface area (Å²) in [4.78, 5) is 39.5. The number of nitrogens with one attached hydrogen (secondary N) is 5. The van der Waals surface area contributed by atoms with Crippen LogP contribution in [0.1, 0.15) is 58.4 Å². The van der Waals surface area contributed by atoms with Gasteiger partial charge in [0.2, 0.25) is 5.91 Å². The van der Waals surface area contributed by atoms with Crippen LogP contribution in [-0.2, 0) is 11.2 Å². The third-order valence-electron chi connectivity index (χ3n) is 6.53. The highest BCUT2D eigenvalue weighted by Crippen LogP contribution is 2.20. The van der Waals surface area contributed by atoms with Crippen molar-refractivity contribution in [1.82, 2.24) is 26.3 Å². The maximum Gasteiger partial charge on any atom is 0.315 e. The van der Waals surface area contributed by atoms with E-state index in [4.69, 9.17) is 11.5 Å². The second-order valence-electron chi connectivity index (χ2n) is 10.2. The highest BCUT2D eigenvalue weighted by atomic mass is 16.2. The molecule has 0 saturated heterocycles. The van der Waals surface area contributed by atoms with Gasteiger partial charge in [-0.05, 0) is 55.7 Å². The molecule has 0 unspecified atom stereocenters. The number of nitrogens with two attached hydrogens (primary N) is 2. The average molecular weight is 516 g/mol. The molecule has 2 aromatic rings. The van der Waals surface area contributed by atoms with Gasteiger partial charge in [0.25, 0.3) is 0 Å². The van der Waals surface area contributed by atoms with Gasteiger partial charge in [0.15, 0.2) is 0 Å². The van der Waals surface area contributed by atoms with E-state index < -0.39 is 0 Å². The number of amides is 5. The molecule has 37 heavy (non-hydrogen) atoms. The first-order chi connectivity index (χ1) is 17.7. The van der Waals surface area contributed by atoms with Gasteiger partial charge < -0.3 is 37.7 Å². The Morgan fingerprint density at radius 1 is 0.946 bits per heavy atom. The number of rotatable bonds is 16. The van der Waals surface area contributed by atoms with Crippen molar-refractivity contribution in [3.63, 3.8) is 0 Å². The molecule has 10 nitrogen and oxygen atoms in total. The van der Waals surface area contributed by atoms with E-state index in [0.717, 1.165) is 24.8 Å². The molecule has 1 aromatic heterocycles. The SMILES string of the molecule is CC(C)[C@@H](CCC(N)=O)NC(=O)NC[C@H](CCCCN)NC(=O)NC[C@@H](C)Cc1c[nH]c2ccccc12. The summed E-state index contributed by atoms with van der Waals surface area (Å²) in [5.41, 5.74) is 13.2. The van der Waals surface area contributed by atoms with E-state index in [1.165, 1.54) is 10.9 Å². The van der Waals surface area contributed by atoms with Crippen LogP contribution in [0.25, 0.3) is 10.9 Å². The van der Waals surface area contributed by atoms with Gasteiger partial charge in [-0.2, -0.15) is 0 Å². The average Bonchev–Trinajstić information content (AvgIpc) is 3.26. The molecule has 1 aromatic carbocycles. The Hall–Kier alpha value is -3.27. The van der Waals surface area contributed by atoms with Crippen molar-refractivity contribution in [3.05, 3.63) is 36.0 Å². The number of carbonyl (C=O) groups is 3. The number of hydrogen-bond acceptors (Lipinski definition) is 4. The number of para-hydroxylation sites is 1. The number of hydrogen-bond donors (Lipinski definition) is 7. The zero-order valence-corrected chi connectivity index (χ0v) is 22.4. The summed E-state index contributed by atoms with van der Waals surface area (Å²) in [6.45, 7) is 7.46. The van der Waals surface area contributed by atoms with Crippen LogP contribution in [0.5, 0.6) is 0 Å². The smallest absolute Gasteiger partial charge is 0.315 e. The Labute approximate surface area is 220 Å². The molecule has 2 rings (SSSR count). The number of primary amides is 1. The zero-order valence-electron chi connectivity index (χ0n) is 22.4. The summed E-state index contributed by atoms with van der Waals surface area (Å²) >= 11 is 0. The standard InChI is InChI=1S/C27H45N7O3/c1-18(2)23(11-12-25(29)35)34-27(37)32-17-21(8-6-7-13-28)33-26(36)31-15-19(3)14-20-16-30-24-10-5-4-9-22(20)24/h4-5,9-10,16,18-19,21,23,30H,6-8,11-15,17,28H2,1-3H3,(H2,29,35)(H2,31,33,36)(H2,32,34,37)/t19-,21-,23+/m0/s1. The van der Waals surface area contributed by atoms with Gasteiger partial charge in [0.05, 0.1) is 0 Å². The molecule has 0 saturated carbocycles. The summed E-state index contributed by atoms with van der Waals surface area (Å²) < 4.78 is 0. The number of carbonyl (C=O) groups excluding carboxylic acids is 3. The van der Waals surface area contributed by atoms with E-state index in [2.05, 4.69) is 45.3 Å². The Morgan fingerprint density at radius 2 is 1.65 bits per heavy atom. The van der Waals surface area contributed by atoms with Crippen LogP contribution >= 0.6 is 0 Å². The topological polar surface area (TPSA) is 167 Å². The lowest BCUT2D eigenvalue weighted by molar-refractivity contribution is -0.118. The maximum absolute atomic E-state index is 12.6. The van der Waals surface area contributed by atoms with Crippen molar-refractivity contribution in [3.8, 4) is 0 Å². The molecule has 0 spiro atoms. The van der Waals surface area contributed by atoms with Crippen molar-refractivity contribution >= 4 is 28.9 Å². The highest BCUT2D eigenvalue weighted by molar-refractivity contribution is 5.83. The van der Waals surface area contributed by atoms with Gasteiger partial charge in [-0.15, -0.1) is 0 Å². The van der Waals surface area contributed by atoms with Crippen LogP contribution in [0.15, 0.2) is 30.5 Å². The Kier molecular flexibility index (Phi) is 12.8. The molecular formula is C27H45N7O3. The monoisotopic (exact) mass is 515 g/mol. The molecule has 0 radical (unpaired) electrons. The number of H-pyrrole nitrogens is 1. The molecule has 9 N–H and O–H groups in total. The van der Waals surface area contributed by atoms with E-state index in [1.54, 1.807) is 0 Å². The van der Waals surface area contributed by atoms with Gasteiger partial charge in [0, 0.05) is 48.7 Å². The van der Waals surface area contributed by atoms with Gasteiger partial charge in [-0.25, -0.2) is 9.59 Å². The molecule has 0 aliphatic rings. The fourth-order valence-electron chi connectivity index (χ4n) is 4.32. The van der Waals surface area contributed by atoms with Crippen LogP contribution in [0.3, 0.4) is 0 Å². The zero-order chi connectivity index (χ0) is 27.2. The van der Waals surface area contributed by atoms with E-state index in [1.807, 2.05) is 32.2 Å². The number of unbranched alkanes of at least 4 members (excludes halogenated alkanes) is 1. The van der Waals surface area contributed by atoms with Crippen LogP contribution in [0.2, 0.25) is 0 Å². The van der Waals surface area contributed by atoms with Crippen LogP contribution < -0.4 is 32.7 Å². The number of benzene rings is 1. The third-order valence-corrected chi connectivity index (χ3v) is 6.53. The first-order valence-electron chi connectivity index (χ1n) is 13.3. The molecule has 0 aliphatic heterocycles. The van der Waals surface area contributed by atoms with Crippen molar-refractivity contribution in [1.29, 1.82) is 0 Å². The van der Waals surface area contributed by atoms with Gasteiger partial charge in [-0.1, -0.05) is 45.4 Å². The number of urea groups is 2. The highest BCUT2D eigenvalue weighted by Gasteiger charge is 2.19. The van der Waals surface area contributed by atoms with Crippen LogP contribution in [0, 0.1) is 11.8 Å². The number of fused-ring (bicyclic) bond motifs is 1. The first-order valence-corrected chi connectivity index (χ1v) is 13.3. The minimum absolute atomic E-state index is 0.153. The molecule has 3 atom stereocenters. The minimum atomic E-state index is -0.390. The maximum atomic E-state index is 12.6. The summed E-state index contributed by atoms with van der Waals surface area (Å²) in [7, 11) is 0. The van der Waals surface area contributed by atoms with Crippen molar-refractivity contribution < 1.29 is 14.4 Å². The van der Waals surface area contributed by atoms with E-state index in [-0.39, 0.29) is 54.9 Å². The summed E-state index contributed by atoms with van der Waals surface area (Å²) in [6, 6.07) is 7.20. The number of aromatic amines is 1. The fourth-order valence-corrected chi connectivity index (χ4v) is 4.32. The quantitative estimate of drug-likeness (QED) is 0.171. The summed E-state index contributed by atoms with van der Waals surface area (Å²) in [6.07, 6.45) is 5.96. The predicted molar refractivity (Wildman–Crippen MR) is 148 cm³/mol. The Balaban J connectivity index is 1.82. The molecule has 206 valence electrons. The third kappa shape index (κ3) is 11.1. The van der Waals surface area contributed by atoms with E-state index in [9.17, 15) is 14.4 Å². The normalized spacial score (nSPS) is 13.6. The fraction of sp³-hybridized carbons (Fsp3) is 0.593. The lowest BCUT2D eigenvalue weighted by Crippen LogP contribution is -2.51. The Bertz CT molecular complexity index is 991. The lowest BCUT2D eigenvalue weighted by atomic mass is 9.99. The Morgan fingerprint density at radius 3 is 2.35 bits per heavy atom. The van der Waals surface area contributed by atoms with Gasteiger partial charge >= 0.3 is 12.1 Å². The number of aromatic nitrogens is 1. The van der Waals surface area contributed by atoms with Crippen molar-refractivity contribution in [2.45, 2.75) is 71.4 Å². The summed E-state index contributed by atoms with van der Waals surface area (Å²) in [5, 5.41) is 12.9. The molecule has 1 heterocycles. The molecule has 0 aliphatic carbocycles. The molecule has 0 bridgehead atoms. The molecular weight excluding hydrogens is 470 g/mol. The first kappa shape index (κ1) is 30.0. The summed E-state index contributed by atoms with van der Waals surface area (Å²) in [5.74, 6) is 0.0114. The van der Waals surface area contributed by atoms with Crippen LogP contribution in [0.4, 0.5) is 9.59 Å². The second-order valence-corrected chi connectivity index (χ2v) is 10.2. The van der Waals surface area contributed by atoms with E-state index in [0.29, 0.717) is 25.9 Å². The molecule has 0 fully saturated rings. The van der Waals surface area contributed by atoms with Crippen molar-refractivity contribution in [2.24, 2.45) is 23.3 Å². The molecule has 10 heteroatoms. The van der Waals surface area contributed by atoms with Crippen molar-refractivity contribution in [2.75, 3.05) is 19.6 Å². The van der Waals surface area contributed by atoms with Gasteiger partial charge in [-0.3, -0.25) is 4.79 Å². The van der Waals surface area contributed by atoms with E-state index >= 15 is 0 Å². The predicted octanol–water partition coefficient (Wildman–Crippen LogP) is 2.73.